The zero-order valence-corrected chi connectivity index (χ0v) is 10.9. The molecule has 0 heterocycles. The van der Waals surface area contributed by atoms with Crippen molar-refractivity contribution in [3.63, 3.8) is 0 Å². The van der Waals surface area contributed by atoms with E-state index in [1.165, 1.54) is 25.3 Å². The number of anilines is 1. The SMILES string of the molecule is COc1cc(-c2cccc(OC(F)(F)F)c2)cc(F)c1N. The van der Waals surface area contributed by atoms with Crippen molar-refractivity contribution in [3.8, 4) is 22.6 Å². The fourth-order valence-corrected chi connectivity index (χ4v) is 1.80. The van der Waals surface area contributed by atoms with Crippen LogP contribution in [0.1, 0.15) is 0 Å². The minimum absolute atomic E-state index is 0.104. The number of halogens is 4. The van der Waals surface area contributed by atoms with Gasteiger partial charge in [-0.2, -0.15) is 0 Å². The smallest absolute Gasteiger partial charge is 0.494 e. The molecule has 0 aliphatic heterocycles. The van der Waals surface area contributed by atoms with Crippen LogP contribution in [0.15, 0.2) is 36.4 Å². The predicted molar refractivity (Wildman–Crippen MR) is 69.5 cm³/mol. The number of ether oxygens (including phenoxy) is 2. The summed E-state index contributed by atoms with van der Waals surface area (Å²) >= 11 is 0. The van der Waals surface area contributed by atoms with E-state index in [2.05, 4.69) is 4.74 Å². The minimum atomic E-state index is -4.79. The number of nitrogens with two attached hydrogens (primary N) is 1. The molecular formula is C14H11F4NO2. The normalized spacial score (nSPS) is 11.3. The molecule has 0 fully saturated rings. The molecule has 0 saturated carbocycles. The van der Waals surface area contributed by atoms with E-state index < -0.39 is 17.9 Å². The molecule has 0 aliphatic carbocycles. The van der Waals surface area contributed by atoms with E-state index in [9.17, 15) is 17.6 Å². The fourth-order valence-electron chi connectivity index (χ4n) is 1.80. The molecule has 0 aliphatic rings. The largest absolute Gasteiger partial charge is 0.573 e. The number of hydrogen-bond donors (Lipinski definition) is 1. The second-order valence-corrected chi connectivity index (χ2v) is 4.15. The number of methoxy groups -OCH3 is 1. The topological polar surface area (TPSA) is 44.5 Å². The first-order valence-electron chi connectivity index (χ1n) is 5.79. The maximum Gasteiger partial charge on any atom is 0.573 e. The molecule has 0 atom stereocenters. The van der Waals surface area contributed by atoms with Crippen molar-refractivity contribution < 1.29 is 27.0 Å². The zero-order valence-electron chi connectivity index (χ0n) is 10.9. The fraction of sp³-hybridized carbons (Fsp3) is 0.143. The van der Waals surface area contributed by atoms with Gasteiger partial charge >= 0.3 is 6.36 Å². The Hall–Kier alpha value is -2.44. The number of nitrogen functional groups attached to an aromatic ring is 1. The molecule has 0 saturated heterocycles. The molecule has 0 radical (unpaired) electrons. The number of benzene rings is 2. The van der Waals surface area contributed by atoms with Crippen LogP contribution < -0.4 is 15.2 Å². The Kier molecular flexibility index (Phi) is 3.93. The number of alkyl halides is 3. The van der Waals surface area contributed by atoms with Gasteiger partial charge in [0.15, 0.2) is 5.82 Å². The van der Waals surface area contributed by atoms with E-state index in [0.29, 0.717) is 11.1 Å². The first-order valence-corrected chi connectivity index (χ1v) is 5.79. The van der Waals surface area contributed by atoms with Gasteiger partial charge in [-0.05, 0) is 35.4 Å². The molecule has 2 aromatic rings. The summed E-state index contributed by atoms with van der Waals surface area (Å²) < 4.78 is 59.0. The molecule has 21 heavy (non-hydrogen) atoms. The van der Waals surface area contributed by atoms with E-state index in [1.54, 1.807) is 0 Å². The van der Waals surface area contributed by atoms with E-state index in [-0.39, 0.29) is 11.4 Å². The van der Waals surface area contributed by atoms with Crippen LogP contribution in [-0.2, 0) is 0 Å². The van der Waals surface area contributed by atoms with Crippen LogP contribution in [0.25, 0.3) is 11.1 Å². The van der Waals surface area contributed by atoms with Crippen LogP contribution in [0.2, 0.25) is 0 Å². The molecule has 0 amide bonds. The van der Waals surface area contributed by atoms with E-state index >= 15 is 0 Å². The standard InChI is InChI=1S/C14H11F4NO2/c1-20-12-7-9(6-11(15)13(12)19)8-3-2-4-10(5-8)21-14(16,17)18/h2-7H,19H2,1H3. The Morgan fingerprint density at radius 3 is 2.38 bits per heavy atom. The Balaban J connectivity index is 2.43. The maximum atomic E-state index is 13.7. The van der Waals surface area contributed by atoms with Crippen molar-refractivity contribution in [2.24, 2.45) is 0 Å². The van der Waals surface area contributed by atoms with Gasteiger partial charge in [-0.3, -0.25) is 0 Å². The zero-order chi connectivity index (χ0) is 15.6. The highest BCUT2D eigenvalue weighted by molar-refractivity contribution is 5.71. The summed E-state index contributed by atoms with van der Waals surface area (Å²) in [6.07, 6.45) is -4.79. The maximum absolute atomic E-state index is 13.7. The van der Waals surface area contributed by atoms with E-state index in [0.717, 1.165) is 18.2 Å². The van der Waals surface area contributed by atoms with Gasteiger partial charge < -0.3 is 15.2 Å². The molecule has 0 unspecified atom stereocenters. The van der Waals surface area contributed by atoms with Crippen molar-refractivity contribution in [3.05, 3.63) is 42.2 Å². The second-order valence-electron chi connectivity index (χ2n) is 4.15. The lowest BCUT2D eigenvalue weighted by Crippen LogP contribution is -2.17. The molecule has 2 N–H and O–H groups in total. The van der Waals surface area contributed by atoms with Crippen LogP contribution in [0.5, 0.6) is 11.5 Å². The van der Waals surface area contributed by atoms with Gasteiger partial charge in [0.05, 0.1) is 7.11 Å². The van der Waals surface area contributed by atoms with Crippen molar-refractivity contribution >= 4 is 5.69 Å². The highest BCUT2D eigenvalue weighted by Gasteiger charge is 2.31. The molecule has 0 bridgehead atoms. The predicted octanol–water partition coefficient (Wildman–Crippen LogP) is 3.98. The molecule has 3 nitrogen and oxygen atoms in total. The average Bonchev–Trinajstić information content (AvgIpc) is 2.40. The first kappa shape index (κ1) is 15.0. The number of hydrogen-bond acceptors (Lipinski definition) is 3. The summed E-state index contributed by atoms with van der Waals surface area (Å²) in [5, 5.41) is 0. The third kappa shape index (κ3) is 3.56. The summed E-state index contributed by atoms with van der Waals surface area (Å²) in [7, 11) is 1.32. The van der Waals surface area contributed by atoms with Crippen molar-refractivity contribution in [1.82, 2.24) is 0 Å². The molecule has 2 aromatic carbocycles. The van der Waals surface area contributed by atoms with Gasteiger partial charge in [-0.15, -0.1) is 13.2 Å². The van der Waals surface area contributed by atoms with Gasteiger partial charge in [0, 0.05) is 0 Å². The first-order chi connectivity index (χ1) is 9.80. The van der Waals surface area contributed by atoms with Gasteiger partial charge in [-0.25, -0.2) is 4.39 Å². The molecular weight excluding hydrogens is 290 g/mol. The van der Waals surface area contributed by atoms with Gasteiger partial charge in [0.1, 0.15) is 17.2 Å². The Morgan fingerprint density at radius 2 is 1.76 bits per heavy atom. The second kappa shape index (κ2) is 5.51. The summed E-state index contributed by atoms with van der Waals surface area (Å²) in [5.41, 5.74) is 5.98. The summed E-state index contributed by atoms with van der Waals surface area (Å²) in [4.78, 5) is 0. The molecule has 0 aromatic heterocycles. The summed E-state index contributed by atoms with van der Waals surface area (Å²) in [6.45, 7) is 0. The highest BCUT2D eigenvalue weighted by Crippen LogP contribution is 2.33. The van der Waals surface area contributed by atoms with Gasteiger partial charge in [0.25, 0.3) is 0 Å². The van der Waals surface area contributed by atoms with Gasteiger partial charge in [0.2, 0.25) is 0 Å². The monoisotopic (exact) mass is 301 g/mol. The van der Waals surface area contributed by atoms with Crippen molar-refractivity contribution in [2.45, 2.75) is 6.36 Å². The van der Waals surface area contributed by atoms with Crippen molar-refractivity contribution in [2.75, 3.05) is 12.8 Å². The quantitative estimate of drug-likeness (QED) is 0.689. The Labute approximate surface area is 117 Å². The van der Waals surface area contributed by atoms with Gasteiger partial charge in [-0.1, -0.05) is 12.1 Å². The van der Waals surface area contributed by atoms with Crippen molar-refractivity contribution in [1.29, 1.82) is 0 Å². The molecule has 112 valence electrons. The Morgan fingerprint density at radius 1 is 1.05 bits per heavy atom. The Bertz CT molecular complexity index is 656. The third-order valence-corrected chi connectivity index (χ3v) is 2.71. The third-order valence-electron chi connectivity index (χ3n) is 2.71. The lowest BCUT2D eigenvalue weighted by atomic mass is 10.0. The molecule has 2 rings (SSSR count). The molecule has 7 heteroatoms. The van der Waals surface area contributed by atoms with E-state index in [1.807, 2.05) is 0 Å². The summed E-state index contributed by atoms with van der Waals surface area (Å²) in [6, 6.07) is 7.75. The summed E-state index contributed by atoms with van der Waals surface area (Å²) in [5.74, 6) is -1.00. The average molecular weight is 301 g/mol. The van der Waals surface area contributed by atoms with Crippen LogP contribution in [0, 0.1) is 5.82 Å². The van der Waals surface area contributed by atoms with Crippen LogP contribution in [-0.4, -0.2) is 13.5 Å². The minimum Gasteiger partial charge on any atom is -0.494 e. The lowest BCUT2D eigenvalue weighted by Gasteiger charge is -2.12. The van der Waals surface area contributed by atoms with Crippen LogP contribution in [0.3, 0.4) is 0 Å². The number of rotatable bonds is 3. The molecule has 0 spiro atoms. The van der Waals surface area contributed by atoms with Crippen LogP contribution >= 0.6 is 0 Å². The van der Waals surface area contributed by atoms with Crippen LogP contribution in [0.4, 0.5) is 23.2 Å². The lowest BCUT2D eigenvalue weighted by molar-refractivity contribution is -0.274. The highest BCUT2D eigenvalue weighted by atomic mass is 19.4. The van der Waals surface area contributed by atoms with E-state index in [4.69, 9.17) is 10.5 Å².